The Balaban J connectivity index is 1.67. The van der Waals surface area contributed by atoms with Crippen molar-refractivity contribution < 1.29 is 22.6 Å². The van der Waals surface area contributed by atoms with Crippen molar-refractivity contribution in [2.45, 2.75) is 24.0 Å². The van der Waals surface area contributed by atoms with Gasteiger partial charge in [-0.25, -0.2) is 13.4 Å². The zero-order chi connectivity index (χ0) is 21.3. The molecule has 1 aromatic carbocycles. The maximum absolute atomic E-state index is 11.6. The number of thiocarbonyl (C=S) groups is 1. The van der Waals surface area contributed by atoms with Gasteiger partial charge in [0.15, 0.2) is 14.9 Å². The molecule has 0 saturated carbocycles. The first-order valence-corrected chi connectivity index (χ1v) is 11.6. The first-order chi connectivity index (χ1) is 14.3. The molecule has 3 N–H and O–H groups in total. The van der Waals surface area contributed by atoms with E-state index in [1.807, 2.05) is 12.1 Å². The van der Waals surface area contributed by atoms with Crippen LogP contribution in [0.5, 0.6) is 17.2 Å². The molecule has 0 spiro atoms. The first-order valence-electron chi connectivity index (χ1n) is 9.34. The number of nitrogens with two attached hydrogens (primary N) is 1. The Hall–Kier alpha value is -2.69. The van der Waals surface area contributed by atoms with Crippen LogP contribution in [0, 0.1) is 0 Å². The number of benzene rings is 1. The molecular weight excluding hydrogens is 426 g/mol. The molecule has 1 aliphatic rings. The Labute approximate surface area is 179 Å². The Morgan fingerprint density at radius 3 is 2.63 bits per heavy atom. The van der Waals surface area contributed by atoms with Gasteiger partial charge >= 0.3 is 0 Å². The maximum atomic E-state index is 11.6. The third kappa shape index (κ3) is 4.55. The predicted molar refractivity (Wildman–Crippen MR) is 116 cm³/mol. The van der Waals surface area contributed by atoms with Crippen LogP contribution in [0.1, 0.15) is 18.5 Å². The zero-order valence-electron chi connectivity index (χ0n) is 16.3. The third-order valence-corrected chi connectivity index (χ3v) is 5.94. The van der Waals surface area contributed by atoms with Crippen molar-refractivity contribution in [3.05, 3.63) is 42.2 Å². The number of aromatic amines is 1. The van der Waals surface area contributed by atoms with Gasteiger partial charge in [-0.05, 0) is 24.3 Å². The van der Waals surface area contributed by atoms with Crippen molar-refractivity contribution in [3.63, 3.8) is 0 Å². The van der Waals surface area contributed by atoms with Crippen LogP contribution in [-0.2, 0) is 14.6 Å². The monoisotopic (exact) mass is 447 g/mol. The molecule has 3 aromatic rings. The quantitative estimate of drug-likeness (QED) is 0.554. The van der Waals surface area contributed by atoms with Crippen molar-refractivity contribution >= 4 is 37.9 Å². The minimum absolute atomic E-state index is 0.0134. The van der Waals surface area contributed by atoms with Crippen molar-refractivity contribution in [3.8, 4) is 17.2 Å². The molecule has 3 heterocycles. The number of hydrogen-bond donors (Lipinski definition) is 2. The molecular formula is C20H21N3O5S2. The highest BCUT2D eigenvalue weighted by atomic mass is 32.2. The molecule has 0 amide bonds. The molecule has 0 unspecified atom stereocenters. The number of hydrogen-bond acceptors (Lipinski definition) is 7. The Kier molecular flexibility index (Phi) is 5.63. The molecule has 1 aliphatic heterocycles. The van der Waals surface area contributed by atoms with Gasteiger partial charge < -0.3 is 24.9 Å². The summed E-state index contributed by atoms with van der Waals surface area (Å²) in [6, 6.07) is 8.41. The largest absolute Gasteiger partial charge is 0.488 e. The average molecular weight is 448 g/mol. The van der Waals surface area contributed by atoms with E-state index >= 15 is 0 Å². The van der Waals surface area contributed by atoms with Gasteiger partial charge in [-0.3, -0.25) is 0 Å². The van der Waals surface area contributed by atoms with E-state index in [4.69, 9.17) is 32.2 Å². The smallest absolute Gasteiger partial charge is 0.192 e. The fraction of sp³-hybridized carbons (Fsp3) is 0.300. The third-order valence-electron chi connectivity index (χ3n) is 4.72. The second kappa shape index (κ2) is 8.21. The van der Waals surface area contributed by atoms with E-state index in [0.29, 0.717) is 36.2 Å². The van der Waals surface area contributed by atoms with Gasteiger partial charge in [-0.2, -0.15) is 0 Å². The molecule has 0 bridgehead atoms. The van der Waals surface area contributed by atoms with Crippen LogP contribution < -0.4 is 15.2 Å². The molecule has 2 aromatic heterocycles. The molecule has 8 nitrogen and oxygen atoms in total. The lowest BCUT2D eigenvalue weighted by atomic mass is 10.1. The van der Waals surface area contributed by atoms with Crippen LogP contribution in [0.2, 0.25) is 0 Å². The molecule has 0 radical (unpaired) electrons. The summed E-state index contributed by atoms with van der Waals surface area (Å²) in [6.45, 7) is 1.32. The highest BCUT2D eigenvalue weighted by molar-refractivity contribution is 7.90. The van der Waals surface area contributed by atoms with E-state index in [9.17, 15) is 8.42 Å². The molecule has 0 aliphatic carbocycles. The van der Waals surface area contributed by atoms with E-state index in [2.05, 4.69) is 9.97 Å². The molecule has 10 heteroatoms. The van der Waals surface area contributed by atoms with Gasteiger partial charge in [0.05, 0.1) is 30.6 Å². The minimum atomic E-state index is -3.37. The fourth-order valence-corrected chi connectivity index (χ4v) is 3.89. The number of nitrogens with zero attached hydrogens (tertiary/aromatic N) is 1. The van der Waals surface area contributed by atoms with E-state index < -0.39 is 9.84 Å². The van der Waals surface area contributed by atoms with Crippen LogP contribution in [0.15, 0.2) is 41.6 Å². The summed E-state index contributed by atoms with van der Waals surface area (Å²) >= 11 is 5.09. The van der Waals surface area contributed by atoms with Gasteiger partial charge in [0.25, 0.3) is 0 Å². The van der Waals surface area contributed by atoms with E-state index in [1.165, 1.54) is 12.3 Å². The number of ether oxygens (including phenoxy) is 3. The van der Waals surface area contributed by atoms with Gasteiger partial charge in [0.1, 0.15) is 28.3 Å². The summed E-state index contributed by atoms with van der Waals surface area (Å²) in [6.07, 6.45) is 4.11. The van der Waals surface area contributed by atoms with Gasteiger partial charge in [0, 0.05) is 30.6 Å². The summed E-state index contributed by atoms with van der Waals surface area (Å²) < 4.78 is 40.7. The lowest BCUT2D eigenvalue weighted by molar-refractivity contribution is 0.0260. The Bertz CT molecular complexity index is 1180. The van der Waals surface area contributed by atoms with Crippen LogP contribution >= 0.6 is 12.2 Å². The molecule has 4 rings (SSSR count). The van der Waals surface area contributed by atoms with Crippen molar-refractivity contribution in [1.82, 2.24) is 9.97 Å². The number of fused-ring (bicyclic) bond motifs is 1. The SMILES string of the molecule is CS(=O)(=O)c1ccc(Oc2cc(OC3CCOCC3)c3[nH]c(C(N)=S)cc3c2)cn1. The second-order valence-corrected chi connectivity index (χ2v) is 9.47. The Morgan fingerprint density at radius 1 is 1.23 bits per heavy atom. The molecule has 0 atom stereocenters. The average Bonchev–Trinajstić information content (AvgIpc) is 3.13. The minimum Gasteiger partial charge on any atom is -0.488 e. The van der Waals surface area contributed by atoms with E-state index in [0.717, 1.165) is 30.0 Å². The second-order valence-electron chi connectivity index (χ2n) is 7.07. The molecule has 30 heavy (non-hydrogen) atoms. The lowest BCUT2D eigenvalue weighted by Gasteiger charge is -2.24. The summed E-state index contributed by atoms with van der Waals surface area (Å²) in [5.74, 6) is 1.55. The topological polar surface area (TPSA) is 117 Å². The lowest BCUT2D eigenvalue weighted by Crippen LogP contribution is -2.26. The maximum Gasteiger partial charge on any atom is 0.192 e. The van der Waals surface area contributed by atoms with Crippen LogP contribution in [0.3, 0.4) is 0 Å². The number of H-pyrrole nitrogens is 1. The van der Waals surface area contributed by atoms with E-state index in [1.54, 1.807) is 12.1 Å². The normalized spacial score (nSPS) is 15.2. The zero-order valence-corrected chi connectivity index (χ0v) is 17.9. The van der Waals surface area contributed by atoms with Gasteiger partial charge in [-0.15, -0.1) is 0 Å². The Morgan fingerprint density at radius 2 is 2.00 bits per heavy atom. The summed E-state index contributed by atoms with van der Waals surface area (Å²) in [5.41, 5.74) is 7.19. The number of sulfone groups is 1. The molecule has 1 fully saturated rings. The van der Waals surface area contributed by atoms with Crippen LogP contribution in [0.25, 0.3) is 10.9 Å². The fourth-order valence-electron chi connectivity index (χ4n) is 3.23. The molecule has 158 valence electrons. The first kappa shape index (κ1) is 20.6. The van der Waals surface area contributed by atoms with Crippen LogP contribution in [-0.4, -0.2) is 48.9 Å². The predicted octanol–water partition coefficient (Wildman–Crippen LogP) is 2.95. The highest BCUT2D eigenvalue weighted by Gasteiger charge is 2.19. The number of rotatable bonds is 6. The van der Waals surface area contributed by atoms with Gasteiger partial charge in [-0.1, -0.05) is 12.2 Å². The number of pyridine rings is 1. The summed E-state index contributed by atoms with van der Waals surface area (Å²) in [7, 11) is -3.37. The number of nitrogens with one attached hydrogen (secondary N) is 1. The summed E-state index contributed by atoms with van der Waals surface area (Å²) in [5, 5.41) is 0.818. The number of aromatic nitrogens is 2. The van der Waals surface area contributed by atoms with Crippen LogP contribution in [0.4, 0.5) is 0 Å². The van der Waals surface area contributed by atoms with E-state index in [-0.39, 0.29) is 16.1 Å². The van der Waals surface area contributed by atoms with Crippen molar-refractivity contribution in [1.29, 1.82) is 0 Å². The van der Waals surface area contributed by atoms with Crippen molar-refractivity contribution in [2.24, 2.45) is 5.73 Å². The summed E-state index contributed by atoms with van der Waals surface area (Å²) in [4.78, 5) is 7.42. The molecule has 1 saturated heterocycles. The van der Waals surface area contributed by atoms with Gasteiger partial charge in [0.2, 0.25) is 0 Å². The standard InChI is InChI=1S/C20H21N3O5S2/c1-30(24,25)18-3-2-14(11-22-18)27-15-8-12-9-16(20(21)29)23-19(12)17(10-15)28-13-4-6-26-7-5-13/h2-3,8-11,13,23H,4-7H2,1H3,(H2,21,29). The highest BCUT2D eigenvalue weighted by Crippen LogP contribution is 2.35. The van der Waals surface area contributed by atoms with Crippen molar-refractivity contribution in [2.75, 3.05) is 19.5 Å².